The number of hydrogen-bond acceptors (Lipinski definition) is 4. The van der Waals surface area contributed by atoms with Gasteiger partial charge < -0.3 is 13.7 Å². The molecule has 0 N–H and O–H groups in total. The molecule has 0 spiro atoms. The smallest absolute Gasteiger partial charge is 0.337 e. The summed E-state index contributed by atoms with van der Waals surface area (Å²) in [5.41, 5.74) is 2.36. The van der Waals surface area contributed by atoms with E-state index < -0.39 is 0 Å². The van der Waals surface area contributed by atoms with E-state index in [0.29, 0.717) is 11.6 Å². The van der Waals surface area contributed by atoms with E-state index in [9.17, 15) is 4.79 Å². The summed E-state index contributed by atoms with van der Waals surface area (Å²) in [7, 11) is 1.39. The van der Waals surface area contributed by atoms with Gasteiger partial charge in [0.2, 0.25) is 0 Å². The van der Waals surface area contributed by atoms with E-state index in [4.69, 9.17) is 14.1 Å². The van der Waals surface area contributed by atoms with Crippen molar-refractivity contribution in [3.05, 3.63) is 42.2 Å². The monoisotopic (exact) mass is 324 g/mol. The van der Waals surface area contributed by atoms with Gasteiger partial charge in [-0.05, 0) is 43.2 Å². The molecule has 124 valence electrons. The molecule has 1 aliphatic rings. The fourth-order valence-corrected chi connectivity index (χ4v) is 3.63. The normalized spacial score (nSPS) is 15.7. The molecule has 0 unspecified atom stereocenters. The fourth-order valence-electron chi connectivity index (χ4n) is 3.63. The lowest BCUT2D eigenvalue weighted by molar-refractivity contribution is 0.0601. The van der Waals surface area contributed by atoms with Crippen molar-refractivity contribution in [3.63, 3.8) is 0 Å². The Morgan fingerprint density at radius 1 is 1.25 bits per heavy atom. The highest BCUT2D eigenvalue weighted by Crippen LogP contribution is 2.36. The van der Waals surface area contributed by atoms with Gasteiger partial charge >= 0.3 is 5.97 Å². The molecule has 3 aromatic rings. The van der Waals surface area contributed by atoms with Crippen molar-refractivity contribution in [1.82, 2.24) is 9.55 Å². The predicted molar refractivity (Wildman–Crippen MR) is 90.9 cm³/mol. The average molecular weight is 324 g/mol. The van der Waals surface area contributed by atoms with E-state index in [0.717, 1.165) is 35.5 Å². The van der Waals surface area contributed by atoms with Crippen LogP contribution in [-0.2, 0) is 4.74 Å². The number of methoxy groups -OCH3 is 1. The number of rotatable bonds is 3. The summed E-state index contributed by atoms with van der Waals surface area (Å²) in [5, 5.41) is 0. The van der Waals surface area contributed by atoms with E-state index in [-0.39, 0.29) is 5.97 Å². The number of imidazole rings is 1. The van der Waals surface area contributed by atoms with E-state index in [1.165, 1.54) is 26.4 Å². The number of carbonyl (C=O) groups excluding carboxylic acids is 1. The molecule has 1 saturated carbocycles. The van der Waals surface area contributed by atoms with Crippen molar-refractivity contribution in [1.29, 1.82) is 0 Å². The summed E-state index contributed by atoms with van der Waals surface area (Å²) < 4.78 is 12.7. The number of aromatic nitrogens is 2. The van der Waals surface area contributed by atoms with Crippen LogP contribution < -0.4 is 0 Å². The zero-order valence-electron chi connectivity index (χ0n) is 13.7. The summed E-state index contributed by atoms with van der Waals surface area (Å²) in [4.78, 5) is 16.6. The second-order valence-electron chi connectivity index (χ2n) is 6.27. The van der Waals surface area contributed by atoms with Crippen molar-refractivity contribution >= 4 is 17.0 Å². The second-order valence-corrected chi connectivity index (χ2v) is 6.27. The summed E-state index contributed by atoms with van der Waals surface area (Å²) in [5.74, 6) is 1.25. The van der Waals surface area contributed by atoms with Crippen molar-refractivity contribution in [2.45, 2.75) is 38.1 Å². The molecule has 2 heterocycles. The minimum Gasteiger partial charge on any atom is -0.465 e. The zero-order valence-corrected chi connectivity index (χ0v) is 13.7. The first kappa shape index (κ1) is 15.0. The summed E-state index contributed by atoms with van der Waals surface area (Å²) in [6, 6.07) is 9.80. The minimum atomic E-state index is -0.344. The van der Waals surface area contributed by atoms with Gasteiger partial charge in [-0.15, -0.1) is 0 Å². The third kappa shape index (κ3) is 2.50. The van der Waals surface area contributed by atoms with E-state index in [1.807, 2.05) is 18.2 Å². The average Bonchev–Trinajstić information content (AvgIpc) is 3.28. The SMILES string of the molecule is COC(=O)c1ccc2c(c1)nc(-c1ccco1)n2C1CCCCC1. The Hall–Kier alpha value is -2.56. The number of fused-ring (bicyclic) bond motifs is 1. The van der Waals surface area contributed by atoms with Crippen LogP contribution in [-0.4, -0.2) is 22.6 Å². The molecule has 5 heteroatoms. The molecule has 1 aromatic carbocycles. The van der Waals surface area contributed by atoms with Crippen molar-refractivity contribution in [3.8, 4) is 11.6 Å². The van der Waals surface area contributed by atoms with Crippen LogP contribution in [0.25, 0.3) is 22.6 Å². The molecule has 0 bridgehead atoms. The summed E-state index contributed by atoms with van der Waals surface area (Å²) in [6.07, 6.45) is 7.74. The highest BCUT2D eigenvalue weighted by Gasteiger charge is 2.24. The molecule has 0 radical (unpaired) electrons. The van der Waals surface area contributed by atoms with Gasteiger partial charge in [-0.3, -0.25) is 0 Å². The van der Waals surface area contributed by atoms with Crippen LogP contribution in [0.2, 0.25) is 0 Å². The zero-order chi connectivity index (χ0) is 16.5. The van der Waals surface area contributed by atoms with Crippen molar-refractivity contribution in [2.75, 3.05) is 7.11 Å². The van der Waals surface area contributed by atoms with Gasteiger partial charge in [-0.1, -0.05) is 19.3 Å². The lowest BCUT2D eigenvalue weighted by atomic mass is 9.95. The Balaban J connectivity index is 1.89. The molecule has 0 amide bonds. The number of nitrogens with zero attached hydrogens (tertiary/aromatic N) is 2. The Labute approximate surface area is 140 Å². The number of furan rings is 1. The Morgan fingerprint density at radius 2 is 2.08 bits per heavy atom. The lowest BCUT2D eigenvalue weighted by Crippen LogP contribution is -2.13. The van der Waals surface area contributed by atoms with Gasteiger partial charge in [0.25, 0.3) is 0 Å². The van der Waals surface area contributed by atoms with E-state index in [1.54, 1.807) is 18.4 Å². The molecule has 0 saturated heterocycles. The van der Waals surface area contributed by atoms with Crippen LogP contribution >= 0.6 is 0 Å². The highest BCUT2D eigenvalue weighted by molar-refractivity contribution is 5.94. The van der Waals surface area contributed by atoms with Gasteiger partial charge in [0.1, 0.15) is 0 Å². The predicted octanol–water partition coefficient (Wildman–Crippen LogP) is 4.59. The largest absolute Gasteiger partial charge is 0.465 e. The Bertz CT molecular complexity index is 858. The molecule has 2 aromatic heterocycles. The molecule has 0 aliphatic heterocycles. The first-order valence-corrected chi connectivity index (χ1v) is 8.42. The number of benzene rings is 1. The fraction of sp³-hybridized carbons (Fsp3) is 0.368. The molecule has 0 atom stereocenters. The van der Waals surface area contributed by atoms with Crippen LogP contribution in [0.4, 0.5) is 0 Å². The molecule has 24 heavy (non-hydrogen) atoms. The summed E-state index contributed by atoms with van der Waals surface area (Å²) in [6.45, 7) is 0. The van der Waals surface area contributed by atoms with Crippen molar-refractivity contribution < 1.29 is 13.9 Å². The molecule has 1 aliphatic carbocycles. The Morgan fingerprint density at radius 3 is 2.79 bits per heavy atom. The molecular weight excluding hydrogens is 304 g/mol. The maximum absolute atomic E-state index is 11.8. The van der Waals surface area contributed by atoms with Gasteiger partial charge in [0, 0.05) is 6.04 Å². The molecule has 1 fully saturated rings. The second kappa shape index (κ2) is 6.15. The molecule has 4 rings (SSSR count). The van der Waals surface area contributed by atoms with Crippen LogP contribution in [0, 0.1) is 0 Å². The maximum Gasteiger partial charge on any atom is 0.337 e. The molecular formula is C19H20N2O3. The standard InChI is InChI=1S/C19H20N2O3/c1-23-19(22)13-9-10-16-15(12-13)20-18(17-8-5-11-24-17)21(16)14-6-3-2-4-7-14/h5,8-12,14H,2-4,6-7H2,1H3. The van der Waals surface area contributed by atoms with E-state index in [2.05, 4.69) is 4.57 Å². The Kier molecular flexibility index (Phi) is 3.84. The topological polar surface area (TPSA) is 57.3 Å². The van der Waals surface area contributed by atoms with Crippen LogP contribution in [0.3, 0.4) is 0 Å². The van der Waals surface area contributed by atoms with Crippen LogP contribution in [0.5, 0.6) is 0 Å². The maximum atomic E-state index is 11.8. The minimum absolute atomic E-state index is 0.344. The van der Waals surface area contributed by atoms with Gasteiger partial charge in [-0.2, -0.15) is 0 Å². The highest BCUT2D eigenvalue weighted by atomic mass is 16.5. The van der Waals surface area contributed by atoms with Gasteiger partial charge in [0.15, 0.2) is 11.6 Å². The number of ether oxygens (including phenoxy) is 1. The van der Waals surface area contributed by atoms with Crippen molar-refractivity contribution in [2.24, 2.45) is 0 Å². The summed E-state index contributed by atoms with van der Waals surface area (Å²) >= 11 is 0. The van der Waals surface area contributed by atoms with Crippen LogP contribution in [0.15, 0.2) is 41.0 Å². The number of carbonyl (C=O) groups is 1. The first-order chi connectivity index (χ1) is 11.8. The first-order valence-electron chi connectivity index (χ1n) is 8.42. The lowest BCUT2D eigenvalue weighted by Gasteiger charge is -2.25. The van der Waals surface area contributed by atoms with Gasteiger partial charge in [-0.25, -0.2) is 9.78 Å². The number of esters is 1. The van der Waals surface area contributed by atoms with E-state index >= 15 is 0 Å². The van der Waals surface area contributed by atoms with Gasteiger partial charge in [0.05, 0.1) is 30.0 Å². The third-order valence-electron chi connectivity index (χ3n) is 4.79. The van der Waals surface area contributed by atoms with Crippen LogP contribution in [0.1, 0.15) is 48.5 Å². The third-order valence-corrected chi connectivity index (χ3v) is 4.79. The quantitative estimate of drug-likeness (QED) is 0.661. The number of hydrogen-bond donors (Lipinski definition) is 0. The molecule has 5 nitrogen and oxygen atoms in total.